The lowest BCUT2D eigenvalue weighted by atomic mass is 9.95. The molecule has 6 nitrogen and oxygen atoms in total. The summed E-state index contributed by atoms with van der Waals surface area (Å²) in [7, 11) is 1.38. The van der Waals surface area contributed by atoms with Gasteiger partial charge in [0.05, 0.1) is 23.1 Å². The molecule has 138 valence electrons. The summed E-state index contributed by atoms with van der Waals surface area (Å²) >= 11 is 0. The standard InChI is InChI=1S/C21H20N2O4/c1-27-21(24)18-10-5-9-17-16-8-2-3-11-19(16)22(20(17)18)13-14-6-4-7-15(12-14)23(25)26/h4-7,9-10,12H,2-3,8,11,13H2,1H3. The Balaban J connectivity index is 1.92. The number of carbonyl (C=O) groups is 1. The van der Waals surface area contributed by atoms with Gasteiger partial charge in [0, 0.05) is 29.8 Å². The molecule has 0 fully saturated rings. The van der Waals surface area contributed by atoms with Crippen LogP contribution in [-0.4, -0.2) is 22.6 Å². The third kappa shape index (κ3) is 2.97. The van der Waals surface area contributed by atoms with Crippen LogP contribution >= 0.6 is 0 Å². The summed E-state index contributed by atoms with van der Waals surface area (Å²) in [5.41, 5.74) is 4.82. The summed E-state index contributed by atoms with van der Waals surface area (Å²) in [6.07, 6.45) is 4.16. The maximum Gasteiger partial charge on any atom is 0.340 e. The molecular weight excluding hydrogens is 344 g/mol. The number of para-hydroxylation sites is 1. The van der Waals surface area contributed by atoms with E-state index in [-0.39, 0.29) is 16.6 Å². The maximum atomic E-state index is 12.4. The van der Waals surface area contributed by atoms with Crippen molar-refractivity contribution in [1.29, 1.82) is 0 Å². The second-order valence-electron chi connectivity index (χ2n) is 6.84. The van der Waals surface area contributed by atoms with Gasteiger partial charge in [-0.1, -0.05) is 24.3 Å². The predicted octanol–water partition coefficient (Wildman–Crippen LogP) is 4.26. The molecule has 4 rings (SSSR count). The van der Waals surface area contributed by atoms with E-state index in [1.165, 1.54) is 24.4 Å². The fraction of sp³-hybridized carbons (Fsp3) is 0.286. The van der Waals surface area contributed by atoms with Crippen LogP contribution < -0.4 is 0 Å². The van der Waals surface area contributed by atoms with Crippen LogP contribution in [0.15, 0.2) is 42.5 Å². The van der Waals surface area contributed by atoms with Crippen LogP contribution in [-0.2, 0) is 24.1 Å². The van der Waals surface area contributed by atoms with Crippen molar-refractivity contribution < 1.29 is 14.5 Å². The number of fused-ring (bicyclic) bond motifs is 3. The highest BCUT2D eigenvalue weighted by atomic mass is 16.6. The minimum absolute atomic E-state index is 0.0750. The zero-order chi connectivity index (χ0) is 19.0. The smallest absolute Gasteiger partial charge is 0.340 e. The quantitative estimate of drug-likeness (QED) is 0.394. The molecule has 0 saturated heterocycles. The summed E-state index contributed by atoms with van der Waals surface area (Å²) in [5.74, 6) is -0.365. The van der Waals surface area contributed by atoms with E-state index < -0.39 is 0 Å². The van der Waals surface area contributed by atoms with Gasteiger partial charge in [-0.15, -0.1) is 0 Å². The van der Waals surface area contributed by atoms with Crippen LogP contribution in [0.2, 0.25) is 0 Å². The normalized spacial score (nSPS) is 13.4. The first-order valence-corrected chi connectivity index (χ1v) is 9.04. The van der Waals surface area contributed by atoms with Crippen molar-refractivity contribution >= 4 is 22.6 Å². The van der Waals surface area contributed by atoms with Crippen molar-refractivity contribution in [3.05, 3.63) is 75.0 Å². The molecular formula is C21H20N2O4. The Hall–Kier alpha value is -3.15. The van der Waals surface area contributed by atoms with Crippen LogP contribution in [0.3, 0.4) is 0 Å². The molecule has 6 heteroatoms. The van der Waals surface area contributed by atoms with E-state index in [9.17, 15) is 14.9 Å². The van der Waals surface area contributed by atoms with E-state index in [1.807, 2.05) is 12.1 Å². The summed E-state index contributed by atoms with van der Waals surface area (Å²) in [5, 5.41) is 12.2. The molecule has 0 unspecified atom stereocenters. The van der Waals surface area contributed by atoms with Gasteiger partial charge >= 0.3 is 5.97 Å². The first-order valence-electron chi connectivity index (χ1n) is 9.04. The number of aryl methyl sites for hydroxylation is 1. The van der Waals surface area contributed by atoms with Gasteiger partial charge in [-0.2, -0.15) is 0 Å². The number of benzene rings is 2. The van der Waals surface area contributed by atoms with E-state index in [2.05, 4.69) is 10.6 Å². The van der Waals surface area contributed by atoms with Gasteiger partial charge in [0.2, 0.25) is 0 Å². The number of non-ortho nitro benzene ring substituents is 1. The van der Waals surface area contributed by atoms with Crippen LogP contribution in [0.1, 0.15) is 40.0 Å². The highest BCUT2D eigenvalue weighted by Gasteiger charge is 2.24. The van der Waals surface area contributed by atoms with E-state index >= 15 is 0 Å². The monoisotopic (exact) mass is 364 g/mol. The lowest BCUT2D eigenvalue weighted by molar-refractivity contribution is -0.384. The van der Waals surface area contributed by atoms with E-state index in [0.29, 0.717) is 12.1 Å². The van der Waals surface area contributed by atoms with Crippen LogP contribution in [0, 0.1) is 10.1 Å². The minimum Gasteiger partial charge on any atom is -0.465 e. The van der Waals surface area contributed by atoms with E-state index in [4.69, 9.17) is 4.74 Å². The van der Waals surface area contributed by atoms with Gasteiger partial charge in [-0.25, -0.2) is 4.79 Å². The highest BCUT2D eigenvalue weighted by Crippen LogP contribution is 2.35. The number of nitrogens with zero attached hydrogens (tertiary/aromatic N) is 2. The summed E-state index contributed by atoms with van der Waals surface area (Å²) in [4.78, 5) is 23.1. The van der Waals surface area contributed by atoms with Gasteiger partial charge in [-0.05, 0) is 42.9 Å². The molecule has 3 aromatic rings. The minimum atomic E-state index is -0.382. The number of hydrogen-bond donors (Lipinski definition) is 0. The van der Waals surface area contributed by atoms with Crippen LogP contribution in [0.5, 0.6) is 0 Å². The molecule has 1 aromatic heterocycles. The Kier molecular flexibility index (Phi) is 4.39. The van der Waals surface area contributed by atoms with Crippen molar-refractivity contribution in [3.63, 3.8) is 0 Å². The van der Waals surface area contributed by atoms with Gasteiger partial charge in [-0.3, -0.25) is 10.1 Å². The number of ether oxygens (including phenoxy) is 1. The van der Waals surface area contributed by atoms with Crippen molar-refractivity contribution in [2.75, 3.05) is 7.11 Å². The zero-order valence-corrected chi connectivity index (χ0v) is 15.1. The van der Waals surface area contributed by atoms with Gasteiger partial charge < -0.3 is 9.30 Å². The number of rotatable bonds is 4. The largest absolute Gasteiger partial charge is 0.465 e. The Bertz CT molecular complexity index is 1050. The molecule has 1 aliphatic carbocycles. The summed E-state index contributed by atoms with van der Waals surface area (Å²) in [6, 6.07) is 12.4. The number of esters is 1. The molecule has 1 heterocycles. The van der Waals surface area contributed by atoms with E-state index in [1.54, 1.807) is 18.2 Å². The molecule has 27 heavy (non-hydrogen) atoms. The third-order valence-electron chi connectivity index (χ3n) is 5.26. The number of nitro benzene ring substituents is 1. The number of methoxy groups -OCH3 is 1. The molecule has 0 radical (unpaired) electrons. The molecule has 0 bridgehead atoms. The van der Waals surface area contributed by atoms with Crippen molar-refractivity contribution in [2.45, 2.75) is 32.2 Å². The molecule has 0 atom stereocenters. The molecule has 1 aliphatic rings. The van der Waals surface area contributed by atoms with Crippen molar-refractivity contribution in [3.8, 4) is 0 Å². The number of aromatic nitrogens is 1. The maximum absolute atomic E-state index is 12.4. The van der Waals surface area contributed by atoms with Crippen molar-refractivity contribution in [2.24, 2.45) is 0 Å². The average Bonchev–Trinajstić information content (AvgIpc) is 3.02. The summed E-state index contributed by atoms with van der Waals surface area (Å²) in [6.45, 7) is 0.488. The van der Waals surface area contributed by atoms with Crippen LogP contribution in [0.25, 0.3) is 10.9 Å². The SMILES string of the molecule is COC(=O)c1cccc2c3c(n(Cc4cccc([N+](=O)[O-])c4)c12)CCCC3. The number of nitro groups is 1. The zero-order valence-electron chi connectivity index (χ0n) is 15.1. The van der Waals surface area contributed by atoms with Gasteiger partial charge in [0.1, 0.15) is 0 Å². The number of carbonyl (C=O) groups excluding carboxylic acids is 1. The molecule has 0 N–H and O–H groups in total. The fourth-order valence-electron chi connectivity index (χ4n) is 4.09. The molecule has 2 aromatic carbocycles. The lowest BCUT2D eigenvalue weighted by Crippen LogP contribution is -2.11. The second kappa shape index (κ2) is 6.87. The third-order valence-corrected chi connectivity index (χ3v) is 5.26. The predicted molar refractivity (Wildman–Crippen MR) is 102 cm³/mol. The Morgan fingerprint density at radius 3 is 2.74 bits per heavy atom. The fourth-order valence-corrected chi connectivity index (χ4v) is 4.09. The molecule has 0 aliphatic heterocycles. The first-order chi connectivity index (χ1) is 13.1. The topological polar surface area (TPSA) is 74.4 Å². The van der Waals surface area contributed by atoms with Crippen LogP contribution in [0.4, 0.5) is 5.69 Å². The Morgan fingerprint density at radius 2 is 1.96 bits per heavy atom. The lowest BCUT2D eigenvalue weighted by Gasteiger charge is -2.16. The van der Waals surface area contributed by atoms with Gasteiger partial charge in [0.15, 0.2) is 0 Å². The molecule has 0 saturated carbocycles. The van der Waals surface area contributed by atoms with E-state index in [0.717, 1.165) is 42.1 Å². The second-order valence-corrected chi connectivity index (χ2v) is 6.84. The Labute approximate surface area is 156 Å². The van der Waals surface area contributed by atoms with Gasteiger partial charge in [0.25, 0.3) is 5.69 Å². The molecule has 0 spiro atoms. The van der Waals surface area contributed by atoms with Crippen molar-refractivity contribution in [1.82, 2.24) is 4.57 Å². The Morgan fingerprint density at radius 1 is 1.19 bits per heavy atom. The molecule has 0 amide bonds. The first kappa shape index (κ1) is 17.3. The highest BCUT2D eigenvalue weighted by molar-refractivity contribution is 6.04. The number of hydrogen-bond acceptors (Lipinski definition) is 4. The average molecular weight is 364 g/mol. The summed E-state index contributed by atoms with van der Waals surface area (Å²) < 4.78 is 7.14.